The first-order chi connectivity index (χ1) is 12.9. The molecular formula is C18H17ClN2O5S. The summed E-state index contributed by atoms with van der Waals surface area (Å²) in [7, 11) is 0. The van der Waals surface area contributed by atoms with Crippen LogP contribution in [0, 0.1) is 6.92 Å². The van der Waals surface area contributed by atoms with Gasteiger partial charge >= 0.3 is 5.97 Å². The number of rotatable bonds is 7. The van der Waals surface area contributed by atoms with Gasteiger partial charge in [-0.3, -0.25) is 4.79 Å². The monoisotopic (exact) mass is 408 g/mol. The van der Waals surface area contributed by atoms with Crippen molar-refractivity contribution >= 4 is 45.2 Å². The van der Waals surface area contributed by atoms with E-state index in [1.807, 2.05) is 0 Å². The maximum atomic E-state index is 11.3. The fourth-order valence-corrected chi connectivity index (χ4v) is 3.26. The first-order valence-electron chi connectivity index (χ1n) is 7.95. The normalized spacial score (nSPS) is 12.1. The maximum Gasteiger partial charge on any atom is 0.323 e. The zero-order valence-corrected chi connectivity index (χ0v) is 15.9. The minimum absolute atomic E-state index is 0.164. The summed E-state index contributed by atoms with van der Waals surface area (Å²) < 4.78 is 27.8. The summed E-state index contributed by atoms with van der Waals surface area (Å²) in [5, 5.41) is 13.4. The Morgan fingerprint density at radius 2 is 1.96 bits per heavy atom. The first kappa shape index (κ1) is 19.2. The molecule has 0 amide bonds. The van der Waals surface area contributed by atoms with Crippen molar-refractivity contribution < 1.29 is 23.4 Å². The molecule has 142 valence electrons. The van der Waals surface area contributed by atoms with Crippen LogP contribution in [0.5, 0.6) is 11.5 Å². The summed E-state index contributed by atoms with van der Waals surface area (Å²) >= 11 is 3.88. The van der Waals surface area contributed by atoms with Crippen LogP contribution in [-0.4, -0.2) is 30.3 Å². The van der Waals surface area contributed by atoms with Gasteiger partial charge in [0.15, 0.2) is 16.8 Å². The summed E-state index contributed by atoms with van der Waals surface area (Å²) in [6.45, 7) is 1.53. The molecule has 2 aromatic carbocycles. The van der Waals surface area contributed by atoms with Crippen LogP contribution in [0.25, 0.3) is 10.9 Å². The molecule has 1 heterocycles. The molecule has 0 aliphatic heterocycles. The molecule has 0 spiro atoms. The van der Waals surface area contributed by atoms with E-state index in [4.69, 9.17) is 20.9 Å². The van der Waals surface area contributed by atoms with Gasteiger partial charge in [0.05, 0.1) is 16.6 Å². The molecule has 3 N–H and O–H groups in total. The van der Waals surface area contributed by atoms with Crippen molar-refractivity contribution in [3.63, 3.8) is 0 Å². The number of ether oxygens (including phenoxy) is 1. The number of carboxylic acids is 1. The molecule has 9 heteroatoms. The SMILES string of the molecule is Cc1c(Oc2ccc(Cl)cc2)c2c(NCS(=O)O)cccc2n1CC(=O)O. The van der Waals surface area contributed by atoms with Gasteiger partial charge in [-0.15, -0.1) is 0 Å². The predicted octanol–water partition coefficient (Wildman–Crippen LogP) is 4.07. The highest BCUT2D eigenvalue weighted by atomic mass is 35.5. The molecule has 1 aromatic heterocycles. The zero-order chi connectivity index (χ0) is 19.6. The third-order valence-electron chi connectivity index (χ3n) is 4.01. The highest BCUT2D eigenvalue weighted by Crippen LogP contribution is 2.40. The number of hydrogen-bond acceptors (Lipinski definition) is 4. The number of fused-ring (bicyclic) bond motifs is 1. The van der Waals surface area contributed by atoms with E-state index in [1.165, 1.54) is 0 Å². The van der Waals surface area contributed by atoms with E-state index < -0.39 is 17.0 Å². The smallest absolute Gasteiger partial charge is 0.323 e. The van der Waals surface area contributed by atoms with Gasteiger partial charge in [-0.25, -0.2) is 4.21 Å². The molecule has 1 unspecified atom stereocenters. The molecule has 0 saturated heterocycles. The fourth-order valence-electron chi connectivity index (χ4n) is 2.86. The van der Waals surface area contributed by atoms with Gasteiger partial charge in [-0.1, -0.05) is 17.7 Å². The van der Waals surface area contributed by atoms with E-state index in [1.54, 1.807) is 54.0 Å². The third-order valence-corrected chi connectivity index (χ3v) is 4.65. The number of carboxylic acid groups (broad SMARTS) is 1. The molecule has 3 aromatic rings. The van der Waals surface area contributed by atoms with Crippen molar-refractivity contribution in [1.29, 1.82) is 0 Å². The molecule has 7 nitrogen and oxygen atoms in total. The first-order valence-corrected chi connectivity index (χ1v) is 9.60. The average Bonchev–Trinajstić information content (AvgIpc) is 2.87. The predicted molar refractivity (Wildman–Crippen MR) is 105 cm³/mol. The number of nitrogens with one attached hydrogen (secondary N) is 1. The lowest BCUT2D eigenvalue weighted by molar-refractivity contribution is -0.137. The molecule has 3 rings (SSSR count). The van der Waals surface area contributed by atoms with E-state index >= 15 is 0 Å². The Hall–Kier alpha value is -2.55. The highest BCUT2D eigenvalue weighted by Gasteiger charge is 2.20. The van der Waals surface area contributed by atoms with E-state index in [0.29, 0.717) is 38.8 Å². The average molecular weight is 409 g/mol. The largest absolute Gasteiger partial charge is 0.480 e. The Labute approximate surface area is 162 Å². The van der Waals surface area contributed by atoms with Crippen molar-refractivity contribution in [3.8, 4) is 11.5 Å². The number of carbonyl (C=O) groups is 1. The molecule has 1 atom stereocenters. The van der Waals surface area contributed by atoms with Crippen LogP contribution >= 0.6 is 11.6 Å². The van der Waals surface area contributed by atoms with Gasteiger partial charge in [0, 0.05) is 10.7 Å². The van der Waals surface area contributed by atoms with Crippen LogP contribution in [0.1, 0.15) is 5.69 Å². The van der Waals surface area contributed by atoms with Crippen LogP contribution < -0.4 is 10.1 Å². The lowest BCUT2D eigenvalue weighted by Gasteiger charge is -2.10. The standard InChI is InChI=1S/C18H17ClN2O5S/c1-11-18(26-13-7-5-12(19)6-8-13)17-14(20-10-27(24)25)3-2-4-15(17)21(11)9-16(22)23/h2-8,20H,9-10H2,1H3,(H,22,23)(H,24,25). The molecule has 0 aliphatic rings. The van der Waals surface area contributed by atoms with E-state index in [9.17, 15) is 14.1 Å². The fraction of sp³-hybridized carbons (Fsp3) is 0.167. The highest BCUT2D eigenvalue weighted by molar-refractivity contribution is 7.79. The number of anilines is 1. The second-order valence-corrected chi connectivity index (χ2v) is 7.16. The topological polar surface area (TPSA) is 101 Å². The van der Waals surface area contributed by atoms with E-state index in [-0.39, 0.29) is 12.4 Å². The van der Waals surface area contributed by atoms with Gasteiger partial charge in [0.2, 0.25) is 0 Å². The van der Waals surface area contributed by atoms with Gasteiger partial charge in [-0.2, -0.15) is 0 Å². The second-order valence-electron chi connectivity index (χ2n) is 5.79. The van der Waals surface area contributed by atoms with Crippen LogP contribution in [-0.2, 0) is 22.4 Å². The van der Waals surface area contributed by atoms with Crippen LogP contribution in [0.3, 0.4) is 0 Å². The van der Waals surface area contributed by atoms with Gasteiger partial charge < -0.3 is 24.3 Å². The van der Waals surface area contributed by atoms with Crippen LogP contribution in [0.4, 0.5) is 5.69 Å². The van der Waals surface area contributed by atoms with Crippen molar-refractivity contribution in [2.75, 3.05) is 11.2 Å². The number of aromatic nitrogens is 1. The van der Waals surface area contributed by atoms with Crippen molar-refractivity contribution in [2.45, 2.75) is 13.5 Å². The Morgan fingerprint density at radius 3 is 2.59 bits per heavy atom. The van der Waals surface area contributed by atoms with E-state index in [0.717, 1.165) is 0 Å². The van der Waals surface area contributed by atoms with Gasteiger partial charge in [0.1, 0.15) is 18.2 Å². The molecule has 27 heavy (non-hydrogen) atoms. The lowest BCUT2D eigenvalue weighted by atomic mass is 10.2. The number of halogens is 1. The summed E-state index contributed by atoms with van der Waals surface area (Å²) in [5.74, 6) is -0.136. The zero-order valence-electron chi connectivity index (χ0n) is 14.3. The number of aliphatic carboxylic acids is 1. The number of hydrogen-bond donors (Lipinski definition) is 3. The quantitative estimate of drug-likeness (QED) is 0.509. The molecular weight excluding hydrogens is 392 g/mol. The summed E-state index contributed by atoms with van der Waals surface area (Å²) in [5.41, 5.74) is 1.85. The number of benzene rings is 2. The third kappa shape index (κ3) is 4.24. The second kappa shape index (κ2) is 7.99. The van der Waals surface area contributed by atoms with Crippen LogP contribution in [0.2, 0.25) is 5.02 Å². The minimum atomic E-state index is -2.03. The minimum Gasteiger partial charge on any atom is -0.480 e. The van der Waals surface area contributed by atoms with Crippen LogP contribution in [0.15, 0.2) is 42.5 Å². The Morgan fingerprint density at radius 1 is 1.26 bits per heavy atom. The Bertz CT molecular complexity index is 1020. The molecule has 0 aliphatic carbocycles. The Kier molecular flexibility index (Phi) is 5.69. The van der Waals surface area contributed by atoms with Gasteiger partial charge in [0.25, 0.3) is 0 Å². The Balaban J connectivity index is 2.16. The molecule has 0 fully saturated rings. The molecule has 0 bridgehead atoms. The summed E-state index contributed by atoms with van der Waals surface area (Å²) in [4.78, 5) is 11.3. The maximum absolute atomic E-state index is 11.3. The van der Waals surface area contributed by atoms with Crippen molar-refractivity contribution in [2.24, 2.45) is 0 Å². The number of nitrogens with zero attached hydrogens (tertiary/aromatic N) is 1. The summed E-state index contributed by atoms with van der Waals surface area (Å²) in [6, 6.07) is 12.1. The molecule has 0 saturated carbocycles. The lowest BCUT2D eigenvalue weighted by Crippen LogP contribution is -2.10. The van der Waals surface area contributed by atoms with E-state index in [2.05, 4.69) is 5.32 Å². The van der Waals surface area contributed by atoms with Gasteiger partial charge in [-0.05, 0) is 43.3 Å². The molecule has 0 radical (unpaired) electrons. The van der Waals surface area contributed by atoms with Crippen molar-refractivity contribution in [1.82, 2.24) is 4.57 Å². The van der Waals surface area contributed by atoms with Crippen molar-refractivity contribution in [3.05, 3.63) is 53.2 Å². The summed E-state index contributed by atoms with van der Waals surface area (Å²) in [6.07, 6.45) is 0.